The number of benzene rings is 2. The summed E-state index contributed by atoms with van der Waals surface area (Å²) < 4.78 is 53.6. The second-order valence-electron chi connectivity index (χ2n) is 8.10. The molecule has 1 heterocycles. The van der Waals surface area contributed by atoms with Crippen LogP contribution >= 0.6 is 23.2 Å². The topological polar surface area (TPSA) is 105 Å². The fourth-order valence-corrected chi connectivity index (χ4v) is 5.18. The van der Waals surface area contributed by atoms with E-state index >= 15 is 0 Å². The first-order valence-electron chi connectivity index (χ1n) is 10.4. The van der Waals surface area contributed by atoms with Crippen molar-refractivity contribution in [2.24, 2.45) is 5.73 Å². The first-order chi connectivity index (χ1) is 16.3. The first kappa shape index (κ1) is 27.3. The van der Waals surface area contributed by atoms with Crippen molar-refractivity contribution in [3.63, 3.8) is 0 Å². The predicted octanol–water partition coefficient (Wildman–Crippen LogP) is 3.92. The van der Waals surface area contributed by atoms with Crippen molar-refractivity contribution in [2.75, 3.05) is 19.3 Å². The SMILES string of the molecule is CS(=O)c1ccc(Cl)cc1CNC(=O)c1cc(Cl)c(CN2CC[C@@H](NC(N)=O)C2)c(C(F)(F)F)c1. The summed E-state index contributed by atoms with van der Waals surface area (Å²) >= 11 is 12.2. The Morgan fingerprint density at radius 1 is 1.23 bits per heavy atom. The van der Waals surface area contributed by atoms with Gasteiger partial charge < -0.3 is 16.4 Å². The van der Waals surface area contributed by atoms with Crippen molar-refractivity contribution in [2.45, 2.75) is 36.6 Å². The van der Waals surface area contributed by atoms with Crippen molar-refractivity contribution >= 4 is 45.9 Å². The Kier molecular flexibility index (Phi) is 8.68. The third-order valence-electron chi connectivity index (χ3n) is 5.54. The molecule has 3 amide bonds. The van der Waals surface area contributed by atoms with E-state index in [4.69, 9.17) is 28.9 Å². The van der Waals surface area contributed by atoms with Crippen LogP contribution < -0.4 is 16.4 Å². The average molecular weight is 551 g/mol. The van der Waals surface area contributed by atoms with Crippen LogP contribution in [0.2, 0.25) is 10.0 Å². The molecule has 2 aromatic carbocycles. The standard InChI is InChI=1S/C22H23Cl2F3N4O3S/c1-35(34)19-3-2-14(23)6-13(19)9-29-20(32)12-7-17(22(25,26)27)16(18(24)8-12)11-31-5-4-15(10-31)30-21(28)33/h2-3,6-8,15H,4-5,9-11H2,1H3,(H,29,32)(H3,28,30,33)/t15-,35?/m1/s1. The zero-order valence-corrected chi connectivity index (χ0v) is 20.9. The van der Waals surface area contributed by atoms with Gasteiger partial charge in [-0.3, -0.25) is 13.9 Å². The molecule has 0 spiro atoms. The third-order valence-corrected chi connectivity index (χ3v) is 7.13. The highest BCUT2D eigenvalue weighted by Gasteiger charge is 2.36. The van der Waals surface area contributed by atoms with Gasteiger partial charge in [-0.05, 0) is 47.9 Å². The van der Waals surface area contributed by atoms with Gasteiger partial charge in [0.2, 0.25) is 0 Å². The molecule has 1 unspecified atom stereocenters. The molecule has 35 heavy (non-hydrogen) atoms. The molecular weight excluding hydrogens is 528 g/mol. The summed E-state index contributed by atoms with van der Waals surface area (Å²) in [6, 6.07) is 5.65. The van der Waals surface area contributed by atoms with Crippen LogP contribution in [0, 0.1) is 0 Å². The van der Waals surface area contributed by atoms with Crippen LogP contribution in [0.1, 0.15) is 33.5 Å². The van der Waals surface area contributed by atoms with Gasteiger partial charge in [-0.25, -0.2) is 4.79 Å². The molecule has 0 aromatic heterocycles. The Bertz CT molecular complexity index is 1160. The van der Waals surface area contributed by atoms with Crippen LogP contribution in [0.4, 0.5) is 18.0 Å². The highest BCUT2D eigenvalue weighted by Crippen LogP contribution is 2.37. The number of amides is 3. The molecule has 190 valence electrons. The summed E-state index contributed by atoms with van der Waals surface area (Å²) in [6.45, 7) is 0.568. The molecule has 2 aromatic rings. The van der Waals surface area contributed by atoms with Crippen molar-refractivity contribution < 1.29 is 27.0 Å². The van der Waals surface area contributed by atoms with E-state index < -0.39 is 34.5 Å². The van der Waals surface area contributed by atoms with Crippen molar-refractivity contribution in [3.8, 4) is 0 Å². The number of halogens is 5. The van der Waals surface area contributed by atoms with Crippen LogP contribution in [0.25, 0.3) is 0 Å². The Morgan fingerprint density at radius 3 is 2.57 bits per heavy atom. The number of alkyl halides is 3. The second-order valence-corrected chi connectivity index (χ2v) is 10.3. The monoisotopic (exact) mass is 550 g/mol. The molecule has 1 fully saturated rings. The van der Waals surface area contributed by atoms with Gasteiger partial charge in [-0.15, -0.1) is 0 Å². The highest BCUT2D eigenvalue weighted by atomic mass is 35.5. The quantitative estimate of drug-likeness (QED) is 0.485. The number of likely N-dealkylation sites (tertiary alicyclic amines) is 1. The molecule has 4 N–H and O–H groups in total. The molecule has 0 saturated carbocycles. The Morgan fingerprint density at radius 2 is 1.94 bits per heavy atom. The van der Waals surface area contributed by atoms with E-state index in [-0.39, 0.29) is 35.3 Å². The van der Waals surface area contributed by atoms with E-state index in [2.05, 4.69) is 10.6 Å². The van der Waals surface area contributed by atoms with E-state index in [0.29, 0.717) is 35.0 Å². The molecule has 7 nitrogen and oxygen atoms in total. The van der Waals surface area contributed by atoms with Gasteiger partial charge in [0.1, 0.15) is 0 Å². The van der Waals surface area contributed by atoms with Crippen LogP contribution in [-0.2, 0) is 30.1 Å². The summed E-state index contributed by atoms with van der Waals surface area (Å²) in [7, 11) is -1.35. The predicted molar refractivity (Wildman–Crippen MR) is 128 cm³/mol. The molecular formula is C22H23Cl2F3N4O3S. The van der Waals surface area contributed by atoms with Crippen molar-refractivity contribution in [1.29, 1.82) is 0 Å². The van der Waals surface area contributed by atoms with E-state index in [1.807, 2.05) is 0 Å². The number of nitrogens with one attached hydrogen (secondary N) is 2. The Labute approximate surface area is 212 Å². The van der Waals surface area contributed by atoms with Crippen LogP contribution in [0.3, 0.4) is 0 Å². The molecule has 13 heteroatoms. The van der Waals surface area contributed by atoms with Crippen molar-refractivity contribution in [3.05, 3.63) is 62.6 Å². The molecule has 1 saturated heterocycles. The number of primary amides is 1. The van der Waals surface area contributed by atoms with Gasteiger partial charge in [-0.1, -0.05) is 23.2 Å². The summed E-state index contributed by atoms with van der Waals surface area (Å²) in [4.78, 5) is 25.9. The number of carbonyl (C=O) groups is 2. The third kappa shape index (κ3) is 7.09. The number of nitrogens with two attached hydrogens (primary N) is 1. The van der Waals surface area contributed by atoms with Crippen LogP contribution in [0.15, 0.2) is 35.2 Å². The molecule has 0 bridgehead atoms. The van der Waals surface area contributed by atoms with E-state index in [1.54, 1.807) is 17.0 Å². The molecule has 0 aliphatic carbocycles. The lowest BCUT2D eigenvalue weighted by atomic mass is 10.0. The Balaban J connectivity index is 1.81. The normalized spacial score (nSPS) is 17.3. The molecule has 3 rings (SSSR count). The lowest BCUT2D eigenvalue weighted by Gasteiger charge is -2.21. The fourth-order valence-electron chi connectivity index (χ4n) is 3.94. The molecule has 0 radical (unpaired) electrons. The minimum Gasteiger partial charge on any atom is -0.352 e. The summed E-state index contributed by atoms with van der Waals surface area (Å²) in [5, 5.41) is 5.25. The smallest absolute Gasteiger partial charge is 0.352 e. The lowest BCUT2D eigenvalue weighted by molar-refractivity contribution is -0.138. The number of urea groups is 1. The summed E-state index contributed by atoms with van der Waals surface area (Å²) in [5.74, 6) is -0.774. The number of hydrogen-bond donors (Lipinski definition) is 3. The maximum Gasteiger partial charge on any atom is 0.416 e. The largest absolute Gasteiger partial charge is 0.416 e. The van der Waals surface area contributed by atoms with E-state index in [9.17, 15) is 27.0 Å². The maximum absolute atomic E-state index is 13.9. The van der Waals surface area contributed by atoms with E-state index in [1.165, 1.54) is 18.4 Å². The average Bonchev–Trinajstić information content (AvgIpc) is 3.18. The zero-order valence-electron chi connectivity index (χ0n) is 18.5. The van der Waals surface area contributed by atoms with Gasteiger partial charge >= 0.3 is 12.2 Å². The number of nitrogens with zero attached hydrogens (tertiary/aromatic N) is 1. The second kappa shape index (κ2) is 11.2. The molecule has 1 aliphatic rings. The van der Waals surface area contributed by atoms with E-state index in [0.717, 1.165) is 6.07 Å². The minimum atomic E-state index is -4.75. The van der Waals surface area contributed by atoms with Gasteiger partial charge in [0.15, 0.2) is 0 Å². The van der Waals surface area contributed by atoms with Crippen LogP contribution in [-0.4, -0.2) is 46.4 Å². The first-order valence-corrected chi connectivity index (χ1v) is 12.7. The fraction of sp³-hybridized carbons (Fsp3) is 0.364. The lowest BCUT2D eigenvalue weighted by Crippen LogP contribution is -2.40. The van der Waals surface area contributed by atoms with Gasteiger partial charge in [0.05, 0.1) is 16.4 Å². The maximum atomic E-state index is 13.9. The number of rotatable bonds is 7. The number of carbonyl (C=O) groups excluding carboxylic acids is 2. The van der Waals surface area contributed by atoms with Gasteiger partial charge in [0, 0.05) is 59.0 Å². The minimum absolute atomic E-state index is 0.0863. The Hall–Kier alpha value is -2.34. The van der Waals surface area contributed by atoms with Gasteiger partial charge in [0.25, 0.3) is 5.91 Å². The molecule has 2 atom stereocenters. The zero-order chi connectivity index (χ0) is 25.9. The highest BCUT2D eigenvalue weighted by molar-refractivity contribution is 7.84. The molecule has 1 aliphatic heterocycles. The van der Waals surface area contributed by atoms with Crippen LogP contribution in [0.5, 0.6) is 0 Å². The summed E-state index contributed by atoms with van der Waals surface area (Å²) in [5.41, 5.74) is 4.16. The van der Waals surface area contributed by atoms with Gasteiger partial charge in [-0.2, -0.15) is 13.2 Å². The summed E-state index contributed by atoms with van der Waals surface area (Å²) in [6.07, 6.45) is -2.75. The number of hydrogen-bond acceptors (Lipinski definition) is 4. The van der Waals surface area contributed by atoms with Crippen molar-refractivity contribution in [1.82, 2.24) is 15.5 Å².